The van der Waals surface area contributed by atoms with Crippen LogP contribution in [0.25, 0.3) is 0 Å². The van der Waals surface area contributed by atoms with Crippen LogP contribution in [-0.2, 0) is 0 Å². The number of nitrogens with zero attached hydrogens (tertiary/aromatic N) is 3. The number of rotatable bonds is 7. The summed E-state index contributed by atoms with van der Waals surface area (Å²) in [4.78, 5) is 27.8. The first-order valence-electron chi connectivity index (χ1n) is 8.56. The van der Waals surface area contributed by atoms with Gasteiger partial charge < -0.3 is 10.4 Å². The van der Waals surface area contributed by atoms with Crippen LogP contribution >= 0.6 is 0 Å². The molecule has 0 saturated carbocycles. The Morgan fingerprint density at radius 1 is 1.07 bits per heavy atom. The number of benzene rings is 1. The summed E-state index contributed by atoms with van der Waals surface area (Å²) in [6, 6.07) is 1.95. The van der Waals surface area contributed by atoms with Crippen LogP contribution in [0.1, 0.15) is 26.2 Å². The highest BCUT2D eigenvalue weighted by molar-refractivity contribution is 5.64. The van der Waals surface area contributed by atoms with Gasteiger partial charge in [0.25, 0.3) is 11.4 Å². The number of nitro benzene ring substituents is 3. The highest BCUT2D eigenvalue weighted by Gasteiger charge is 2.30. The molecule has 0 saturated heterocycles. The molecule has 0 amide bonds. The van der Waals surface area contributed by atoms with E-state index in [1.165, 1.54) is 5.57 Å². The maximum absolute atomic E-state index is 10.4. The fourth-order valence-corrected chi connectivity index (χ4v) is 2.85. The Bertz CT molecular complexity index is 816. The predicted molar refractivity (Wildman–Crippen MR) is 107 cm³/mol. The quantitative estimate of drug-likeness (QED) is 0.391. The first-order valence-corrected chi connectivity index (χ1v) is 8.56. The summed E-state index contributed by atoms with van der Waals surface area (Å²) in [6.07, 6.45) is 9.49. The smallest absolute Gasteiger partial charge is 0.324 e. The maximum atomic E-state index is 10.4. The van der Waals surface area contributed by atoms with E-state index in [-0.39, 0.29) is 0 Å². The van der Waals surface area contributed by atoms with E-state index in [2.05, 4.69) is 31.5 Å². The van der Waals surface area contributed by atoms with Crippen LogP contribution in [-0.4, -0.2) is 32.0 Å². The molecular weight excluding hydrogens is 384 g/mol. The minimum Gasteiger partial charge on any atom is -0.497 e. The van der Waals surface area contributed by atoms with E-state index >= 15 is 0 Å². The van der Waals surface area contributed by atoms with Gasteiger partial charge >= 0.3 is 11.4 Å². The van der Waals surface area contributed by atoms with Gasteiger partial charge in [-0.2, -0.15) is 0 Å². The lowest BCUT2D eigenvalue weighted by atomic mass is 9.95. The van der Waals surface area contributed by atoms with Crippen molar-refractivity contribution < 1.29 is 19.9 Å². The molecule has 2 N–H and O–H groups in total. The Balaban J connectivity index is 0.000000296. The molecule has 1 aliphatic heterocycles. The number of hydrogen-bond acceptors (Lipinski definition) is 8. The average molecular weight is 406 g/mol. The third kappa shape index (κ3) is 6.81. The molecule has 0 bridgehead atoms. The van der Waals surface area contributed by atoms with E-state index in [1.54, 1.807) is 0 Å². The van der Waals surface area contributed by atoms with Gasteiger partial charge in [0, 0.05) is 12.1 Å². The van der Waals surface area contributed by atoms with Crippen LogP contribution in [0.4, 0.5) is 17.1 Å². The molecule has 11 heteroatoms. The topological polar surface area (TPSA) is 162 Å². The van der Waals surface area contributed by atoms with Gasteiger partial charge in [0.05, 0.1) is 26.9 Å². The standard InChI is InChI=1S/C12H19N.C6H3N3O7/c1-4-6-11-8-10(3)9-12(13-11)7-5-2;10-6-4(8(13)14)1-3(7(11)12)2-5(6)9(15)16/h4-5,8,11-13H,1-2,6-7,9H2,3H3;1-2,10H/t11-,12-;/m1./s1. The fourth-order valence-electron chi connectivity index (χ4n) is 2.85. The second-order valence-corrected chi connectivity index (χ2v) is 6.34. The first kappa shape index (κ1) is 23.4. The normalized spacial score (nSPS) is 17.9. The van der Waals surface area contributed by atoms with Crippen LogP contribution in [0.5, 0.6) is 5.75 Å². The third-order valence-electron chi connectivity index (χ3n) is 4.03. The summed E-state index contributed by atoms with van der Waals surface area (Å²) in [5.74, 6) is -1.21. The van der Waals surface area contributed by atoms with E-state index in [1.807, 2.05) is 12.2 Å². The second kappa shape index (κ2) is 10.7. The van der Waals surface area contributed by atoms with E-state index < -0.39 is 37.6 Å². The molecule has 1 heterocycles. The predicted octanol–water partition coefficient (Wildman–Crippen LogP) is 3.93. The number of aromatic hydroxyl groups is 1. The average Bonchev–Trinajstić information content (AvgIpc) is 2.61. The van der Waals surface area contributed by atoms with Crippen molar-refractivity contribution >= 4 is 17.1 Å². The van der Waals surface area contributed by atoms with Crippen molar-refractivity contribution in [3.8, 4) is 5.75 Å². The summed E-state index contributed by atoms with van der Waals surface area (Å²) >= 11 is 0. The van der Waals surface area contributed by atoms with Crippen molar-refractivity contribution in [1.82, 2.24) is 5.32 Å². The van der Waals surface area contributed by atoms with Crippen molar-refractivity contribution in [3.05, 3.63) is 79.4 Å². The molecule has 0 aromatic heterocycles. The molecule has 0 aliphatic carbocycles. The minimum absolute atomic E-state index is 0.447. The molecule has 0 spiro atoms. The van der Waals surface area contributed by atoms with Gasteiger partial charge in [-0.15, -0.1) is 13.2 Å². The molecule has 2 atom stereocenters. The summed E-state index contributed by atoms with van der Waals surface area (Å²) < 4.78 is 0. The summed E-state index contributed by atoms with van der Waals surface area (Å²) in [5.41, 5.74) is -1.52. The second-order valence-electron chi connectivity index (χ2n) is 6.34. The number of non-ortho nitro benzene ring substituents is 1. The highest BCUT2D eigenvalue weighted by Crippen LogP contribution is 2.38. The number of nitro groups is 3. The third-order valence-corrected chi connectivity index (χ3v) is 4.03. The summed E-state index contributed by atoms with van der Waals surface area (Å²) in [6.45, 7) is 9.73. The zero-order chi connectivity index (χ0) is 22.1. The largest absolute Gasteiger partial charge is 0.497 e. The van der Waals surface area contributed by atoms with Crippen molar-refractivity contribution in [3.63, 3.8) is 0 Å². The molecule has 29 heavy (non-hydrogen) atoms. The summed E-state index contributed by atoms with van der Waals surface area (Å²) in [5, 5.41) is 43.8. The van der Waals surface area contributed by atoms with Crippen LogP contribution in [0, 0.1) is 30.3 Å². The van der Waals surface area contributed by atoms with E-state index in [9.17, 15) is 30.3 Å². The lowest BCUT2D eigenvalue weighted by molar-refractivity contribution is -0.404. The molecule has 2 rings (SSSR count). The van der Waals surface area contributed by atoms with Crippen molar-refractivity contribution in [2.24, 2.45) is 0 Å². The van der Waals surface area contributed by atoms with Crippen molar-refractivity contribution in [1.29, 1.82) is 0 Å². The molecular formula is C18H22N4O7. The Hall–Kier alpha value is -3.60. The van der Waals surface area contributed by atoms with Gasteiger partial charge in [0.2, 0.25) is 0 Å². The van der Waals surface area contributed by atoms with Crippen molar-refractivity contribution in [2.45, 2.75) is 38.3 Å². The Morgan fingerprint density at radius 2 is 1.59 bits per heavy atom. The minimum atomic E-state index is -1.21. The molecule has 0 unspecified atom stereocenters. The highest BCUT2D eigenvalue weighted by atomic mass is 16.6. The first-order chi connectivity index (χ1) is 13.6. The van der Waals surface area contributed by atoms with Crippen molar-refractivity contribution in [2.75, 3.05) is 0 Å². The SMILES string of the molecule is C=CC[C@@H]1CC(C)=C[C@@H](CC=C)N1.O=[N+]([O-])c1cc([N+](=O)[O-])c(O)c([N+](=O)[O-])c1. The summed E-state index contributed by atoms with van der Waals surface area (Å²) in [7, 11) is 0. The molecule has 0 fully saturated rings. The number of phenolic OH excluding ortho intramolecular Hbond substituents is 1. The van der Waals surface area contributed by atoms with Crippen LogP contribution in [0.2, 0.25) is 0 Å². The lowest BCUT2D eigenvalue weighted by Crippen LogP contribution is -2.40. The molecule has 1 aromatic carbocycles. The van der Waals surface area contributed by atoms with Crippen LogP contribution < -0.4 is 5.32 Å². The maximum Gasteiger partial charge on any atom is 0.324 e. The molecule has 1 aromatic rings. The molecule has 0 radical (unpaired) electrons. The van der Waals surface area contributed by atoms with Gasteiger partial charge in [0.15, 0.2) is 0 Å². The van der Waals surface area contributed by atoms with Gasteiger partial charge in [0.1, 0.15) is 0 Å². The Labute approximate surface area is 166 Å². The van der Waals surface area contributed by atoms with Crippen LogP contribution in [0.3, 0.4) is 0 Å². The van der Waals surface area contributed by atoms with E-state index in [0.717, 1.165) is 19.3 Å². The lowest BCUT2D eigenvalue weighted by Gasteiger charge is -2.28. The Kier molecular flexibility index (Phi) is 8.62. The van der Waals surface area contributed by atoms with Gasteiger partial charge in [-0.05, 0) is 26.2 Å². The van der Waals surface area contributed by atoms with E-state index in [0.29, 0.717) is 24.2 Å². The van der Waals surface area contributed by atoms with Gasteiger partial charge in [-0.25, -0.2) is 0 Å². The number of hydrogen-bond donors (Lipinski definition) is 2. The monoisotopic (exact) mass is 406 g/mol. The fraction of sp³-hybridized carbons (Fsp3) is 0.333. The molecule has 156 valence electrons. The van der Waals surface area contributed by atoms with E-state index in [4.69, 9.17) is 5.11 Å². The number of nitrogens with one attached hydrogen (secondary N) is 1. The van der Waals surface area contributed by atoms with Gasteiger partial charge in [-0.1, -0.05) is 23.8 Å². The molecule has 11 nitrogen and oxygen atoms in total. The van der Waals surface area contributed by atoms with Gasteiger partial charge in [-0.3, -0.25) is 30.3 Å². The zero-order valence-electron chi connectivity index (χ0n) is 15.8. The number of phenols is 1. The zero-order valence-corrected chi connectivity index (χ0v) is 15.8. The Morgan fingerprint density at radius 3 is 2.00 bits per heavy atom. The molecule has 1 aliphatic rings. The van der Waals surface area contributed by atoms with Crippen LogP contribution in [0.15, 0.2) is 49.1 Å².